The van der Waals surface area contributed by atoms with Gasteiger partial charge in [0, 0.05) is 5.56 Å². The second-order valence-corrected chi connectivity index (χ2v) is 6.02. The number of carbonyl (C=O) groups excluding carboxylic acids is 1. The van der Waals surface area contributed by atoms with Crippen molar-refractivity contribution in [3.8, 4) is 5.75 Å². The first kappa shape index (κ1) is 15.8. The largest absolute Gasteiger partial charge is 0.496 e. The first-order valence-electron chi connectivity index (χ1n) is 7.62. The number of quaternary nitrogens is 2. The van der Waals surface area contributed by atoms with Crippen LogP contribution in [-0.2, 0) is 11.3 Å². The Kier molecular flexibility index (Phi) is 5.20. The first-order valence-corrected chi connectivity index (χ1v) is 7.62. The molecule has 5 heteroatoms. The van der Waals surface area contributed by atoms with Gasteiger partial charge in [0.05, 0.1) is 7.11 Å². The topological polar surface area (TPSA) is 61.2 Å². The van der Waals surface area contributed by atoms with E-state index in [1.54, 1.807) is 12.0 Å². The van der Waals surface area contributed by atoms with E-state index in [0.717, 1.165) is 38.5 Å². The third-order valence-electron chi connectivity index (χ3n) is 4.51. The SMILES string of the molecule is COc1ccc(C)cc1C[NH+]1CC[NH+]([C@H](C)C(N)=O)CC1. The van der Waals surface area contributed by atoms with Crippen LogP contribution in [0.4, 0.5) is 0 Å². The highest BCUT2D eigenvalue weighted by Crippen LogP contribution is 2.18. The third-order valence-corrected chi connectivity index (χ3v) is 4.51. The number of hydrogen-bond acceptors (Lipinski definition) is 2. The molecule has 0 radical (unpaired) electrons. The minimum absolute atomic E-state index is 0.0833. The Balaban J connectivity index is 1.95. The normalized spacial score (nSPS) is 23.6. The lowest BCUT2D eigenvalue weighted by Gasteiger charge is -2.32. The van der Waals surface area contributed by atoms with Crippen molar-refractivity contribution in [2.75, 3.05) is 33.3 Å². The van der Waals surface area contributed by atoms with Crippen molar-refractivity contribution in [1.82, 2.24) is 0 Å². The average molecular weight is 293 g/mol. The standard InChI is InChI=1S/C16H25N3O2/c1-12-4-5-15(21-3)14(10-12)11-18-6-8-19(9-7-18)13(2)16(17)20/h4-5,10,13H,6-9,11H2,1-3H3,(H2,17,20)/p+2/t13-/m1/s1. The number of ether oxygens (including phenoxy) is 1. The highest BCUT2D eigenvalue weighted by molar-refractivity contribution is 5.77. The second kappa shape index (κ2) is 6.91. The molecule has 1 heterocycles. The fraction of sp³-hybridized carbons (Fsp3) is 0.562. The molecule has 1 fully saturated rings. The molecule has 21 heavy (non-hydrogen) atoms. The average Bonchev–Trinajstić information content (AvgIpc) is 2.47. The minimum Gasteiger partial charge on any atom is -0.496 e. The minimum atomic E-state index is -0.200. The van der Waals surface area contributed by atoms with Crippen molar-refractivity contribution in [1.29, 1.82) is 0 Å². The van der Waals surface area contributed by atoms with Crippen molar-refractivity contribution in [2.45, 2.75) is 26.4 Å². The Hall–Kier alpha value is -1.59. The number of carbonyl (C=O) groups is 1. The zero-order valence-corrected chi connectivity index (χ0v) is 13.2. The molecule has 0 aromatic heterocycles. The number of piperazine rings is 1. The van der Waals surface area contributed by atoms with Crippen molar-refractivity contribution in [3.63, 3.8) is 0 Å². The maximum Gasteiger partial charge on any atom is 0.275 e. The van der Waals surface area contributed by atoms with Gasteiger partial charge in [0.1, 0.15) is 38.5 Å². The summed E-state index contributed by atoms with van der Waals surface area (Å²) in [6.07, 6.45) is 0. The molecule has 1 aliphatic heterocycles. The van der Waals surface area contributed by atoms with Crippen LogP contribution >= 0.6 is 0 Å². The summed E-state index contributed by atoms with van der Waals surface area (Å²) < 4.78 is 5.45. The molecule has 2 rings (SSSR count). The van der Waals surface area contributed by atoms with Crippen LogP contribution in [0.5, 0.6) is 5.75 Å². The predicted molar refractivity (Wildman–Crippen MR) is 81.5 cm³/mol. The maximum atomic E-state index is 11.3. The van der Waals surface area contributed by atoms with Gasteiger partial charge in [0.15, 0.2) is 6.04 Å². The van der Waals surface area contributed by atoms with E-state index in [9.17, 15) is 4.79 Å². The summed E-state index contributed by atoms with van der Waals surface area (Å²) in [6.45, 7) is 9.11. The molecule has 0 bridgehead atoms. The lowest BCUT2D eigenvalue weighted by Crippen LogP contribution is -3.29. The third kappa shape index (κ3) is 3.95. The number of benzene rings is 1. The summed E-state index contributed by atoms with van der Waals surface area (Å²) >= 11 is 0. The molecule has 1 aromatic carbocycles. The Morgan fingerprint density at radius 1 is 1.33 bits per heavy atom. The summed E-state index contributed by atoms with van der Waals surface area (Å²) in [6, 6.07) is 6.24. The Morgan fingerprint density at radius 3 is 2.57 bits per heavy atom. The lowest BCUT2D eigenvalue weighted by molar-refractivity contribution is -1.02. The highest BCUT2D eigenvalue weighted by Gasteiger charge is 2.30. The van der Waals surface area contributed by atoms with Crippen LogP contribution in [0.1, 0.15) is 18.1 Å². The van der Waals surface area contributed by atoms with Gasteiger partial charge in [0.25, 0.3) is 5.91 Å². The molecule has 0 aliphatic carbocycles. The van der Waals surface area contributed by atoms with Crippen molar-refractivity contribution >= 4 is 5.91 Å². The summed E-state index contributed by atoms with van der Waals surface area (Å²) in [5.41, 5.74) is 7.92. The van der Waals surface area contributed by atoms with Gasteiger partial charge in [-0.15, -0.1) is 0 Å². The number of nitrogens with two attached hydrogens (primary N) is 1. The number of hydrogen-bond donors (Lipinski definition) is 3. The van der Waals surface area contributed by atoms with E-state index >= 15 is 0 Å². The van der Waals surface area contributed by atoms with Gasteiger partial charge in [-0.3, -0.25) is 4.79 Å². The second-order valence-electron chi connectivity index (χ2n) is 6.02. The van der Waals surface area contributed by atoms with Crippen molar-refractivity contribution < 1.29 is 19.3 Å². The summed E-state index contributed by atoms with van der Waals surface area (Å²) in [5.74, 6) is 0.766. The Labute approximate surface area is 126 Å². The van der Waals surface area contributed by atoms with E-state index in [2.05, 4.69) is 19.1 Å². The molecule has 4 N–H and O–H groups in total. The van der Waals surface area contributed by atoms with Crippen molar-refractivity contribution in [2.24, 2.45) is 5.73 Å². The molecular weight excluding hydrogens is 266 g/mol. The van der Waals surface area contributed by atoms with Gasteiger partial charge in [0.2, 0.25) is 0 Å². The van der Waals surface area contributed by atoms with Gasteiger partial charge in [-0.25, -0.2) is 0 Å². The molecule has 1 saturated heterocycles. The van der Waals surface area contributed by atoms with Gasteiger partial charge >= 0.3 is 0 Å². The monoisotopic (exact) mass is 293 g/mol. The predicted octanol–water partition coefficient (Wildman–Crippen LogP) is -1.84. The lowest BCUT2D eigenvalue weighted by atomic mass is 10.1. The molecular formula is C16H27N3O2+2. The van der Waals surface area contributed by atoms with E-state index in [1.165, 1.54) is 16.0 Å². The number of aryl methyl sites for hydroxylation is 1. The number of amides is 1. The molecule has 0 saturated carbocycles. The van der Waals surface area contributed by atoms with Crippen LogP contribution in [0, 0.1) is 6.92 Å². The Bertz CT molecular complexity index is 496. The maximum absolute atomic E-state index is 11.3. The van der Waals surface area contributed by atoms with Crippen LogP contribution in [-0.4, -0.2) is 45.2 Å². The van der Waals surface area contributed by atoms with Gasteiger partial charge in [-0.2, -0.15) is 0 Å². The van der Waals surface area contributed by atoms with E-state index in [-0.39, 0.29) is 11.9 Å². The van der Waals surface area contributed by atoms with Gasteiger partial charge < -0.3 is 20.3 Å². The fourth-order valence-corrected chi connectivity index (χ4v) is 3.05. The fourth-order valence-electron chi connectivity index (χ4n) is 3.05. The van der Waals surface area contributed by atoms with E-state index in [1.807, 2.05) is 13.0 Å². The Morgan fingerprint density at radius 2 is 2.00 bits per heavy atom. The highest BCUT2D eigenvalue weighted by atomic mass is 16.5. The van der Waals surface area contributed by atoms with Crippen molar-refractivity contribution in [3.05, 3.63) is 29.3 Å². The van der Waals surface area contributed by atoms with Crippen LogP contribution in [0.15, 0.2) is 18.2 Å². The molecule has 1 aliphatic rings. The number of primary amides is 1. The van der Waals surface area contributed by atoms with E-state index in [4.69, 9.17) is 10.5 Å². The molecule has 1 atom stereocenters. The zero-order valence-electron chi connectivity index (χ0n) is 13.2. The van der Waals surface area contributed by atoms with E-state index < -0.39 is 0 Å². The smallest absolute Gasteiger partial charge is 0.275 e. The van der Waals surface area contributed by atoms with Gasteiger partial charge in [-0.05, 0) is 26.0 Å². The molecule has 0 spiro atoms. The molecule has 5 nitrogen and oxygen atoms in total. The van der Waals surface area contributed by atoms with Crippen LogP contribution < -0.4 is 20.3 Å². The van der Waals surface area contributed by atoms with Crippen LogP contribution in [0.25, 0.3) is 0 Å². The molecule has 1 aromatic rings. The summed E-state index contributed by atoms with van der Waals surface area (Å²) in [4.78, 5) is 14.1. The zero-order chi connectivity index (χ0) is 15.4. The first-order chi connectivity index (χ1) is 10.0. The molecule has 1 amide bonds. The molecule has 0 unspecified atom stereocenters. The van der Waals surface area contributed by atoms with Gasteiger partial charge in [-0.1, -0.05) is 11.6 Å². The molecule has 116 valence electrons. The summed E-state index contributed by atoms with van der Waals surface area (Å²) in [7, 11) is 1.72. The summed E-state index contributed by atoms with van der Waals surface area (Å²) in [5, 5.41) is 0. The van der Waals surface area contributed by atoms with Crippen LogP contribution in [0.2, 0.25) is 0 Å². The van der Waals surface area contributed by atoms with Crippen LogP contribution in [0.3, 0.4) is 0 Å². The number of rotatable bonds is 5. The quantitative estimate of drug-likeness (QED) is 0.597. The number of methoxy groups -OCH3 is 1. The number of nitrogens with one attached hydrogen (secondary N) is 2. The van der Waals surface area contributed by atoms with E-state index in [0.29, 0.717) is 0 Å².